The molecule has 6 nitrogen and oxygen atoms in total. The third kappa shape index (κ3) is 5.98. The predicted octanol–water partition coefficient (Wildman–Crippen LogP) is 4.03. The summed E-state index contributed by atoms with van der Waals surface area (Å²) in [5, 5.41) is 3.04. The molecule has 1 fully saturated rings. The molecule has 1 saturated heterocycles. The molecule has 0 saturated carbocycles. The van der Waals surface area contributed by atoms with Crippen LogP contribution in [0.15, 0.2) is 54.6 Å². The summed E-state index contributed by atoms with van der Waals surface area (Å²) in [7, 11) is 1.66. The Hall–Kier alpha value is -3.12. The quantitative estimate of drug-likeness (QED) is 0.573. The number of anilines is 1. The van der Waals surface area contributed by atoms with E-state index in [9.17, 15) is 9.59 Å². The summed E-state index contributed by atoms with van der Waals surface area (Å²) in [5.41, 5.74) is 2.95. The van der Waals surface area contributed by atoms with Crippen LogP contribution in [0, 0.1) is 0 Å². The van der Waals surface area contributed by atoms with E-state index in [0.29, 0.717) is 13.0 Å². The lowest BCUT2D eigenvalue weighted by molar-refractivity contribution is -0.117. The number of amides is 2. The molecule has 1 N–H and O–H groups in total. The maximum absolute atomic E-state index is 12.5. The smallest absolute Gasteiger partial charge is 0.244 e. The number of hydrogen-bond acceptors (Lipinski definition) is 4. The number of ether oxygens (including phenoxy) is 1. The number of methoxy groups -OCH3 is 1. The van der Waals surface area contributed by atoms with Crippen molar-refractivity contribution >= 4 is 23.6 Å². The van der Waals surface area contributed by atoms with E-state index >= 15 is 0 Å². The molecule has 0 bridgehead atoms. The van der Waals surface area contributed by atoms with E-state index in [2.05, 4.69) is 30.1 Å². The molecule has 1 aliphatic rings. The van der Waals surface area contributed by atoms with E-state index in [-0.39, 0.29) is 17.9 Å². The third-order valence-electron chi connectivity index (χ3n) is 5.91. The summed E-state index contributed by atoms with van der Waals surface area (Å²) >= 11 is 0. The zero-order chi connectivity index (χ0) is 22.9. The molecule has 0 spiro atoms. The molecule has 0 radical (unpaired) electrons. The average molecular weight is 436 g/mol. The largest absolute Gasteiger partial charge is 0.497 e. The van der Waals surface area contributed by atoms with Gasteiger partial charge in [-0.1, -0.05) is 38.1 Å². The van der Waals surface area contributed by atoms with Gasteiger partial charge in [-0.15, -0.1) is 0 Å². The standard InChI is InChI=1S/C26H33N3O3/c1-4-28(5-2)24(21-8-6-9-23(18-21)32-3)19-27-25(30)16-13-20-11-14-22(15-12-20)29-17-7-10-26(29)31/h6,8-9,11-16,18,24H,4-5,7,10,17,19H2,1-3H3,(H,27,30)/b16-13+. The fourth-order valence-corrected chi connectivity index (χ4v) is 4.09. The normalized spacial score (nSPS) is 14.9. The summed E-state index contributed by atoms with van der Waals surface area (Å²) in [5.74, 6) is 0.847. The van der Waals surface area contributed by atoms with Gasteiger partial charge in [0.25, 0.3) is 0 Å². The van der Waals surface area contributed by atoms with E-state index in [0.717, 1.165) is 48.6 Å². The molecule has 1 atom stereocenters. The van der Waals surface area contributed by atoms with Gasteiger partial charge in [-0.25, -0.2) is 0 Å². The van der Waals surface area contributed by atoms with Crippen molar-refractivity contribution in [2.24, 2.45) is 0 Å². The molecule has 6 heteroatoms. The number of benzene rings is 2. The van der Waals surface area contributed by atoms with Crippen LogP contribution < -0.4 is 15.0 Å². The van der Waals surface area contributed by atoms with Crippen LogP contribution in [0.25, 0.3) is 6.08 Å². The highest BCUT2D eigenvalue weighted by atomic mass is 16.5. The fraction of sp³-hybridized carbons (Fsp3) is 0.385. The predicted molar refractivity (Wildman–Crippen MR) is 129 cm³/mol. The van der Waals surface area contributed by atoms with E-state index in [1.807, 2.05) is 47.4 Å². The summed E-state index contributed by atoms with van der Waals surface area (Å²) in [4.78, 5) is 28.5. The van der Waals surface area contributed by atoms with Crippen molar-refractivity contribution in [3.05, 3.63) is 65.7 Å². The molecule has 2 aromatic carbocycles. The lowest BCUT2D eigenvalue weighted by Gasteiger charge is -2.30. The van der Waals surface area contributed by atoms with Crippen LogP contribution in [0.2, 0.25) is 0 Å². The minimum Gasteiger partial charge on any atom is -0.497 e. The number of nitrogens with one attached hydrogen (secondary N) is 1. The van der Waals surface area contributed by atoms with Crippen molar-refractivity contribution in [2.75, 3.05) is 38.2 Å². The highest BCUT2D eigenvalue weighted by Crippen LogP contribution is 2.24. The van der Waals surface area contributed by atoms with Crippen LogP contribution in [0.4, 0.5) is 5.69 Å². The molecular weight excluding hydrogens is 402 g/mol. The zero-order valence-electron chi connectivity index (χ0n) is 19.2. The van der Waals surface area contributed by atoms with Crippen molar-refractivity contribution in [1.82, 2.24) is 10.2 Å². The maximum atomic E-state index is 12.5. The second-order valence-corrected chi connectivity index (χ2v) is 7.83. The highest BCUT2D eigenvalue weighted by molar-refractivity contribution is 5.95. The van der Waals surface area contributed by atoms with Crippen molar-refractivity contribution < 1.29 is 14.3 Å². The Morgan fingerprint density at radius 1 is 1.19 bits per heavy atom. The van der Waals surface area contributed by atoms with Gasteiger partial charge in [0, 0.05) is 31.3 Å². The van der Waals surface area contributed by atoms with Crippen molar-refractivity contribution in [1.29, 1.82) is 0 Å². The van der Waals surface area contributed by atoms with Gasteiger partial charge in [-0.05, 0) is 61.0 Å². The highest BCUT2D eigenvalue weighted by Gasteiger charge is 2.21. The Morgan fingerprint density at radius 2 is 1.94 bits per heavy atom. The van der Waals surface area contributed by atoms with Crippen LogP contribution >= 0.6 is 0 Å². The average Bonchev–Trinajstić information content (AvgIpc) is 3.26. The van der Waals surface area contributed by atoms with E-state index in [1.165, 1.54) is 0 Å². The number of rotatable bonds is 10. The Bertz CT molecular complexity index is 936. The number of hydrogen-bond donors (Lipinski definition) is 1. The first-order valence-electron chi connectivity index (χ1n) is 11.3. The molecule has 1 heterocycles. The Morgan fingerprint density at radius 3 is 2.56 bits per heavy atom. The third-order valence-corrected chi connectivity index (χ3v) is 5.91. The fourth-order valence-electron chi connectivity index (χ4n) is 4.09. The second kappa shape index (κ2) is 11.5. The van der Waals surface area contributed by atoms with Gasteiger partial charge in [0.1, 0.15) is 5.75 Å². The summed E-state index contributed by atoms with van der Waals surface area (Å²) in [6.45, 7) is 7.30. The van der Waals surface area contributed by atoms with Gasteiger partial charge in [-0.2, -0.15) is 0 Å². The molecule has 3 rings (SSSR count). The van der Waals surface area contributed by atoms with Crippen LogP contribution in [-0.4, -0.2) is 50.0 Å². The molecule has 170 valence electrons. The number of nitrogens with zero attached hydrogens (tertiary/aromatic N) is 2. The van der Waals surface area contributed by atoms with Crippen LogP contribution in [-0.2, 0) is 9.59 Å². The Labute approximate surface area is 190 Å². The molecule has 0 aromatic heterocycles. The van der Waals surface area contributed by atoms with Gasteiger partial charge in [0.15, 0.2) is 0 Å². The van der Waals surface area contributed by atoms with Crippen LogP contribution in [0.5, 0.6) is 5.75 Å². The monoisotopic (exact) mass is 435 g/mol. The molecule has 0 aliphatic carbocycles. The van der Waals surface area contributed by atoms with Gasteiger partial charge >= 0.3 is 0 Å². The molecule has 2 aromatic rings. The van der Waals surface area contributed by atoms with E-state index in [4.69, 9.17) is 4.74 Å². The molecule has 32 heavy (non-hydrogen) atoms. The SMILES string of the molecule is CCN(CC)C(CNC(=O)/C=C/c1ccc(N2CCCC2=O)cc1)c1cccc(OC)c1. The van der Waals surface area contributed by atoms with Crippen LogP contribution in [0.1, 0.15) is 43.9 Å². The lowest BCUT2D eigenvalue weighted by atomic mass is 10.0. The Balaban J connectivity index is 1.61. The molecule has 2 amide bonds. The summed E-state index contributed by atoms with van der Waals surface area (Å²) in [6, 6.07) is 15.8. The summed E-state index contributed by atoms with van der Waals surface area (Å²) < 4.78 is 5.37. The topological polar surface area (TPSA) is 61.9 Å². The zero-order valence-corrected chi connectivity index (χ0v) is 19.2. The molecule has 1 aliphatic heterocycles. The first-order valence-corrected chi connectivity index (χ1v) is 11.3. The minimum atomic E-state index is -0.135. The maximum Gasteiger partial charge on any atom is 0.244 e. The van der Waals surface area contributed by atoms with Gasteiger partial charge in [-0.3, -0.25) is 14.5 Å². The second-order valence-electron chi connectivity index (χ2n) is 7.83. The van der Waals surface area contributed by atoms with E-state index < -0.39 is 0 Å². The van der Waals surface area contributed by atoms with Crippen molar-refractivity contribution in [3.63, 3.8) is 0 Å². The number of carbonyl (C=O) groups excluding carboxylic acids is 2. The van der Waals surface area contributed by atoms with Crippen molar-refractivity contribution in [3.8, 4) is 5.75 Å². The molecule has 1 unspecified atom stereocenters. The first-order chi connectivity index (χ1) is 15.5. The van der Waals surface area contributed by atoms with Gasteiger partial charge < -0.3 is 15.0 Å². The molecular formula is C26H33N3O3. The lowest BCUT2D eigenvalue weighted by Crippen LogP contribution is -2.37. The van der Waals surface area contributed by atoms with Gasteiger partial charge in [0.2, 0.25) is 11.8 Å². The first kappa shape index (κ1) is 23.5. The number of carbonyl (C=O) groups is 2. The summed E-state index contributed by atoms with van der Waals surface area (Å²) in [6.07, 6.45) is 4.88. The Kier molecular flexibility index (Phi) is 8.45. The minimum absolute atomic E-state index is 0.0646. The van der Waals surface area contributed by atoms with Gasteiger partial charge in [0.05, 0.1) is 13.2 Å². The number of likely N-dealkylation sites (N-methyl/N-ethyl adjacent to an activating group) is 1. The van der Waals surface area contributed by atoms with Crippen LogP contribution in [0.3, 0.4) is 0 Å². The van der Waals surface area contributed by atoms with Crippen molar-refractivity contribution in [2.45, 2.75) is 32.7 Å². The van der Waals surface area contributed by atoms with E-state index in [1.54, 1.807) is 19.3 Å².